The van der Waals surface area contributed by atoms with Crippen LogP contribution in [0.15, 0.2) is 12.2 Å². The topological polar surface area (TPSA) is 52.7 Å². The van der Waals surface area contributed by atoms with Gasteiger partial charge in [-0.2, -0.15) is 0 Å². The minimum Gasteiger partial charge on any atom is -0.338 e. The number of fused-ring (bicyclic) bond motifs is 5. The van der Waals surface area contributed by atoms with Gasteiger partial charge in [0.05, 0.1) is 0 Å². The van der Waals surface area contributed by atoms with Crippen LogP contribution < -0.4 is 5.32 Å². The third kappa shape index (κ3) is 2.64. The summed E-state index contributed by atoms with van der Waals surface area (Å²) in [6.45, 7) is 4.80. The Bertz CT molecular complexity index is 674. The number of nitrogens with one attached hydrogen (secondary N) is 1. The van der Waals surface area contributed by atoms with Crippen molar-refractivity contribution < 1.29 is 9.59 Å². The molecule has 150 valence electrons. The molecule has 1 aliphatic heterocycles. The van der Waals surface area contributed by atoms with E-state index in [1.54, 1.807) is 11.0 Å². The second-order valence-corrected chi connectivity index (χ2v) is 10.1. The van der Waals surface area contributed by atoms with Gasteiger partial charge in [-0.1, -0.05) is 19.9 Å². The molecule has 0 unspecified atom stereocenters. The first kappa shape index (κ1) is 18.8. The van der Waals surface area contributed by atoms with Crippen molar-refractivity contribution in [2.45, 2.75) is 64.5 Å². The quantitative estimate of drug-likeness (QED) is 0.767. The first-order valence-electron chi connectivity index (χ1n) is 10.6. The Labute approximate surface area is 163 Å². The monoisotopic (exact) mass is 373 g/mol. The van der Waals surface area contributed by atoms with Crippen LogP contribution in [0.3, 0.4) is 0 Å². The molecule has 0 saturated heterocycles. The molecule has 7 atom stereocenters. The molecule has 1 N–H and O–H groups in total. The van der Waals surface area contributed by atoms with E-state index in [0.717, 1.165) is 12.8 Å². The standard InChI is InChI=1S/C22H35N3O2/c1-21-12-10-16-14(15(21)7-8-17(21)23-20(27)24(3)4)6-9-18-22(16,2)13-11-19(26)25(18)5/h11,13-18H,6-10,12H2,1-5H3,(H,23,27)/t14-,15-,16-,17-,18+,21-,22+/m0/s1. The number of urea groups is 1. The van der Waals surface area contributed by atoms with Crippen LogP contribution in [0.2, 0.25) is 0 Å². The Kier molecular flexibility index (Phi) is 4.36. The van der Waals surface area contributed by atoms with Gasteiger partial charge in [-0.25, -0.2) is 4.79 Å². The smallest absolute Gasteiger partial charge is 0.317 e. The van der Waals surface area contributed by atoms with Crippen molar-refractivity contribution in [3.05, 3.63) is 12.2 Å². The molecule has 0 aromatic rings. The van der Waals surface area contributed by atoms with Crippen LogP contribution in [-0.2, 0) is 4.79 Å². The molecule has 3 saturated carbocycles. The predicted molar refractivity (Wildman–Crippen MR) is 106 cm³/mol. The number of carbonyl (C=O) groups is 2. The van der Waals surface area contributed by atoms with Crippen LogP contribution in [-0.4, -0.2) is 55.0 Å². The van der Waals surface area contributed by atoms with E-state index in [1.165, 1.54) is 25.7 Å². The zero-order valence-electron chi connectivity index (χ0n) is 17.5. The fourth-order valence-electron chi connectivity index (χ4n) is 7.25. The predicted octanol–water partition coefficient (Wildman–Crippen LogP) is 3.27. The van der Waals surface area contributed by atoms with Crippen LogP contribution in [0.1, 0.15) is 52.4 Å². The second-order valence-electron chi connectivity index (χ2n) is 10.1. The van der Waals surface area contributed by atoms with E-state index in [9.17, 15) is 9.59 Å². The molecule has 0 bridgehead atoms. The summed E-state index contributed by atoms with van der Waals surface area (Å²) in [5.41, 5.74) is 0.300. The van der Waals surface area contributed by atoms with E-state index >= 15 is 0 Å². The lowest BCUT2D eigenvalue weighted by molar-refractivity contribution is -0.138. The van der Waals surface area contributed by atoms with E-state index in [1.807, 2.05) is 26.0 Å². The molecule has 1 heterocycles. The van der Waals surface area contributed by atoms with Crippen molar-refractivity contribution in [2.75, 3.05) is 21.1 Å². The maximum absolute atomic E-state index is 12.3. The summed E-state index contributed by atoms with van der Waals surface area (Å²) in [6.07, 6.45) is 11.0. The Hall–Kier alpha value is -1.52. The average Bonchev–Trinajstić information content (AvgIpc) is 2.95. The normalized spacial score (nSPS) is 45.7. The van der Waals surface area contributed by atoms with Crippen LogP contribution in [0.25, 0.3) is 0 Å². The van der Waals surface area contributed by atoms with Gasteiger partial charge < -0.3 is 15.1 Å². The number of hydrogen-bond acceptors (Lipinski definition) is 2. The van der Waals surface area contributed by atoms with Crippen molar-refractivity contribution in [1.82, 2.24) is 15.1 Å². The van der Waals surface area contributed by atoms with Crippen LogP contribution in [0.5, 0.6) is 0 Å². The van der Waals surface area contributed by atoms with Gasteiger partial charge in [-0.05, 0) is 67.8 Å². The number of hydrogen-bond donors (Lipinski definition) is 1. The Morgan fingerprint density at radius 1 is 1.15 bits per heavy atom. The van der Waals surface area contributed by atoms with Crippen molar-refractivity contribution in [3.63, 3.8) is 0 Å². The minimum atomic E-state index is 0.0371. The van der Waals surface area contributed by atoms with E-state index in [-0.39, 0.29) is 28.8 Å². The van der Waals surface area contributed by atoms with Gasteiger partial charge in [0.2, 0.25) is 5.91 Å². The summed E-state index contributed by atoms with van der Waals surface area (Å²) in [5.74, 6) is 2.18. The molecule has 27 heavy (non-hydrogen) atoms. The molecular weight excluding hydrogens is 338 g/mol. The van der Waals surface area contributed by atoms with E-state index in [0.29, 0.717) is 23.8 Å². The third-order valence-electron chi connectivity index (χ3n) is 8.83. The number of nitrogens with zero attached hydrogens (tertiary/aromatic N) is 2. The highest BCUT2D eigenvalue weighted by Crippen LogP contribution is 2.63. The van der Waals surface area contributed by atoms with Gasteiger partial charge in [-0.3, -0.25) is 4.79 Å². The van der Waals surface area contributed by atoms with Gasteiger partial charge in [-0.15, -0.1) is 0 Å². The number of carbonyl (C=O) groups excluding carboxylic acids is 2. The Morgan fingerprint density at radius 3 is 2.59 bits per heavy atom. The van der Waals surface area contributed by atoms with Gasteiger partial charge in [0.1, 0.15) is 0 Å². The van der Waals surface area contributed by atoms with Crippen molar-refractivity contribution >= 4 is 11.9 Å². The average molecular weight is 374 g/mol. The van der Waals surface area contributed by atoms with Crippen LogP contribution in [0.4, 0.5) is 4.79 Å². The summed E-state index contributed by atoms with van der Waals surface area (Å²) in [7, 11) is 5.61. The van der Waals surface area contributed by atoms with Crippen LogP contribution in [0, 0.1) is 28.6 Å². The zero-order chi connectivity index (χ0) is 19.6. The number of amides is 3. The molecule has 4 rings (SSSR count). The van der Waals surface area contributed by atoms with Gasteiger partial charge in [0.25, 0.3) is 0 Å². The SMILES string of the molecule is CN(C)C(=O)N[C@H]1CC[C@H]2[C@@H]3CC[C@H]4N(C)C(=O)C=C[C@]4(C)[C@H]3CC[C@]12C. The maximum Gasteiger partial charge on any atom is 0.317 e. The van der Waals surface area contributed by atoms with Gasteiger partial charge in [0, 0.05) is 38.6 Å². The first-order chi connectivity index (χ1) is 12.7. The summed E-state index contributed by atoms with van der Waals surface area (Å²) in [4.78, 5) is 28.1. The molecule has 0 spiro atoms. The highest BCUT2D eigenvalue weighted by molar-refractivity contribution is 5.89. The first-order valence-corrected chi connectivity index (χ1v) is 10.6. The largest absolute Gasteiger partial charge is 0.338 e. The lowest BCUT2D eigenvalue weighted by Gasteiger charge is -2.60. The molecule has 3 aliphatic carbocycles. The molecule has 0 radical (unpaired) electrons. The summed E-state index contributed by atoms with van der Waals surface area (Å²) in [5, 5.41) is 3.31. The molecule has 5 nitrogen and oxygen atoms in total. The summed E-state index contributed by atoms with van der Waals surface area (Å²) >= 11 is 0. The van der Waals surface area contributed by atoms with E-state index < -0.39 is 0 Å². The molecular formula is C22H35N3O2. The zero-order valence-corrected chi connectivity index (χ0v) is 17.5. The highest BCUT2D eigenvalue weighted by Gasteiger charge is 2.60. The minimum absolute atomic E-state index is 0.0371. The molecule has 4 aliphatic rings. The summed E-state index contributed by atoms with van der Waals surface area (Å²) < 4.78 is 0. The van der Waals surface area contributed by atoms with Crippen molar-refractivity contribution in [3.8, 4) is 0 Å². The van der Waals surface area contributed by atoms with Crippen LogP contribution >= 0.6 is 0 Å². The fraction of sp³-hybridized carbons (Fsp3) is 0.818. The van der Waals surface area contributed by atoms with E-state index in [2.05, 4.69) is 25.2 Å². The van der Waals surface area contributed by atoms with Gasteiger partial charge in [0.15, 0.2) is 0 Å². The Balaban J connectivity index is 1.58. The fourth-order valence-corrected chi connectivity index (χ4v) is 7.25. The Morgan fingerprint density at radius 2 is 1.89 bits per heavy atom. The molecule has 5 heteroatoms. The number of rotatable bonds is 1. The number of likely N-dealkylation sites (N-methyl/N-ethyl adjacent to an activating group) is 1. The second kappa shape index (κ2) is 6.25. The van der Waals surface area contributed by atoms with Crippen molar-refractivity contribution in [1.29, 1.82) is 0 Å². The highest BCUT2D eigenvalue weighted by atomic mass is 16.2. The maximum atomic E-state index is 12.3. The van der Waals surface area contributed by atoms with Crippen molar-refractivity contribution in [2.24, 2.45) is 28.6 Å². The van der Waals surface area contributed by atoms with E-state index in [4.69, 9.17) is 0 Å². The summed E-state index contributed by atoms with van der Waals surface area (Å²) in [6, 6.07) is 0.663. The molecule has 0 aromatic heterocycles. The molecule has 3 amide bonds. The third-order valence-corrected chi connectivity index (χ3v) is 8.83. The molecule has 0 aromatic carbocycles. The van der Waals surface area contributed by atoms with Gasteiger partial charge >= 0.3 is 6.03 Å². The lowest BCUT2D eigenvalue weighted by Crippen LogP contribution is -2.60. The molecule has 3 fully saturated rings. The lowest BCUT2D eigenvalue weighted by atomic mass is 9.48.